The Kier molecular flexibility index (Phi) is 2.44. The van der Waals surface area contributed by atoms with Crippen LogP contribution in [-0.4, -0.2) is 36.2 Å². The monoisotopic (exact) mass is 154 g/mol. The predicted octanol–water partition coefficient (Wildman–Crippen LogP) is 1.48. The van der Waals surface area contributed by atoms with E-state index >= 15 is 0 Å². The molecule has 64 valence electrons. The molecular formula is C9H18N2. The molecule has 2 rings (SSSR count). The molecule has 0 N–H and O–H groups in total. The van der Waals surface area contributed by atoms with Crippen molar-refractivity contribution in [3.63, 3.8) is 0 Å². The number of hydrogen-bond acceptors (Lipinski definition) is 2. The van der Waals surface area contributed by atoms with E-state index < -0.39 is 0 Å². The Labute approximate surface area is 69.1 Å². The smallest absolute Gasteiger partial charge is 0.0146 e. The SMILES string of the molecule is C1CCCN2CCCN2CC1. The fraction of sp³-hybridized carbons (Fsp3) is 1.00. The summed E-state index contributed by atoms with van der Waals surface area (Å²) in [5.74, 6) is 0. The standard InChI is InChI=1S/C9H18N2/c1-2-4-7-11-9-5-8-10(11)6-3-1/h1-9H2. The van der Waals surface area contributed by atoms with Crippen LogP contribution in [0.25, 0.3) is 0 Å². The van der Waals surface area contributed by atoms with Gasteiger partial charge in [0.25, 0.3) is 0 Å². The Hall–Kier alpha value is -0.0800. The summed E-state index contributed by atoms with van der Waals surface area (Å²) < 4.78 is 0. The van der Waals surface area contributed by atoms with E-state index in [9.17, 15) is 0 Å². The van der Waals surface area contributed by atoms with Crippen LogP contribution in [0.1, 0.15) is 32.1 Å². The van der Waals surface area contributed by atoms with Gasteiger partial charge in [0.2, 0.25) is 0 Å². The second kappa shape index (κ2) is 3.55. The third-order valence-corrected chi connectivity index (χ3v) is 2.81. The van der Waals surface area contributed by atoms with Gasteiger partial charge in [0.05, 0.1) is 0 Å². The summed E-state index contributed by atoms with van der Waals surface area (Å²) in [6, 6.07) is 0. The van der Waals surface area contributed by atoms with Crippen molar-refractivity contribution in [1.29, 1.82) is 0 Å². The molecule has 0 amide bonds. The van der Waals surface area contributed by atoms with E-state index in [4.69, 9.17) is 0 Å². The van der Waals surface area contributed by atoms with Crippen molar-refractivity contribution in [3.8, 4) is 0 Å². The van der Waals surface area contributed by atoms with Crippen molar-refractivity contribution in [1.82, 2.24) is 10.0 Å². The van der Waals surface area contributed by atoms with E-state index in [1.807, 2.05) is 0 Å². The minimum atomic E-state index is 1.32. The van der Waals surface area contributed by atoms with E-state index in [1.165, 1.54) is 58.3 Å². The molecule has 0 aromatic rings. The highest BCUT2D eigenvalue weighted by Gasteiger charge is 2.21. The molecule has 2 heteroatoms. The van der Waals surface area contributed by atoms with E-state index in [-0.39, 0.29) is 0 Å². The maximum Gasteiger partial charge on any atom is 0.0146 e. The van der Waals surface area contributed by atoms with E-state index in [0.717, 1.165) is 0 Å². The molecule has 0 saturated carbocycles. The summed E-state index contributed by atoms with van der Waals surface area (Å²) in [6.45, 7) is 5.28. The van der Waals surface area contributed by atoms with Gasteiger partial charge in [0.15, 0.2) is 0 Å². The molecule has 2 saturated heterocycles. The van der Waals surface area contributed by atoms with Gasteiger partial charge in [0.1, 0.15) is 0 Å². The average molecular weight is 154 g/mol. The van der Waals surface area contributed by atoms with Crippen LogP contribution in [0.5, 0.6) is 0 Å². The lowest BCUT2D eigenvalue weighted by molar-refractivity contribution is 0.0172. The van der Waals surface area contributed by atoms with Gasteiger partial charge in [-0.15, -0.1) is 0 Å². The number of fused-ring (bicyclic) bond motifs is 1. The maximum absolute atomic E-state index is 2.55. The first-order valence-electron chi connectivity index (χ1n) is 4.96. The average Bonchev–Trinajstić information content (AvgIpc) is 2.35. The van der Waals surface area contributed by atoms with Gasteiger partial charge in [-0.1, -0.05) is 12.8 Å². The molecule has 11 heavy (non-hydrogen) atoms. The Balaban J connectivity index is 1.89. The topological polar surface area (TPSA) is 6.48 Å². The molecule has 2 aliphatic heterocycles. The molecule has 0 aromatic carbocycles. The highest BCUT2D eigenvalue weighted by Crippen LogP contribution is 2.16. The summed E-state index contributed by atoms with van der Waals surface area (Å²) in [6.07, 6.45) is 7.11. The van der Waals surface area contributed by atoms with E-state index in [2.05, 4.69) is 10.0 Å². The molecule has 2 nitrogen and oxygen atoms in total. The van der Waals surface area contributed by atoms with Crippen molar-refractivity contribution in [2.24, 2.45) is 0 Å². The zero-order valence-corrected chi connectivity index (χ0v) is 7.26. The van der Waals surface area contributed by atoms with Crippen LogP contribution in [0.15, 0.2) is 0 Å². The summed E-state index contributed by atoms with van der Waals surface area (Å²) in [5, 5.41) is 5.11. The van der Waals surface area contributed by atoms with Crippen molar-refractivity contribution in [2.45, 2.75) is 32.1 Å². The van der Waals surface area contributed by atoms with Crippen LogP contribution < -0.4 is 0 Å². The number of rotatable bonds is 0. The molecule has 0 bridgehead atoms. The summed E-state index contributed by atoms with van der Waals surface area (Å²) in [4.78, 5) is 0. The maximum atomic E-state index is 2.55. The van der Waals surface area contributed by atoms with Crippen LogP contribution in [0, 0.1) is 0 Å². The van der Waals surface area contributed by atoms with Crippen LogP contribution in [0.4, 0.5) is 0 Å². The fourth-order valence-electron chi connectivity index (χ4n) is 2.17. The first kappa shape index (κ1) is 7.56. The highest BCUT2D eigenvalue weighted by atomic mass is 15.6. The van der Waals surface area contributed by atoms with Gasteiger partial charge in [-0.3, -0.25) is 0 Å². The lowest BCUT2D eigenvalue weighted by Gasteiger charge is -2.29. The van der Waals surface area contributed by atoms with Gasteiger partial charge in [0, 0.05) is 26.2 Å². The van der Waals surface area contributed by atoms with Crippen LogP contribution in [0.2, 0.25) is 0 Å². The zero-order valence-electron chi connectivity index (χ0n) is 7.26. The molecule has 0 aliphatic carbocycles. The Morgan fingerprint density at radius 3 is 1.45 bits per heavy atom. The first-order chi connectivity index (χ1) is 5.47. The lowest BCUT2D eigenvalue weighted by Crippen LogP contribution is -2.38. The number of hydrazine groups is 1. The van der Waals surface area contributed by atoms with Crippen molar-refractivity contribution in [2.75, 3.05) is 26.2 Å². The number of nitrogens with zero attached hydrogens (tertiary/aromatic N) is 2. The molecule has 0 spiro atoms. The van der Waals surface area contributed by atoms with Crippen LogP contribution in [0.3, 0.4) is 0 Å². The first-order valence-corrected chi connectivity index (χ1v) is 4.96. The molecule has 0 unspecified atom stereocenters. The second-order valence-electron chi connectivity index (χ2n) is 3.68. The molecule has 0 radical (unpaired) electrons. The third-order valence-electron chi connectivity index (χ3n) is 2.81. The van der Waals surface area contributed by atoms with Gasteiger partial charge in [-0.2, -0.15) is 0 Å². The van der Waals surface area contributed by atoms with E-state index in [1.54, 1.807) is 0 Å². The quantitative estimate of drug-likeness (QED) is 0.521. The molecule has 0 aromatic heterocycles. The van der Waals surface area contributed by atoms with Gasteiger partial charge < -0.3 is 0 Å². The molecule has 2 fully saturated rings. The number of hydrogen-bond donors (Lipinski definition) is 0. The molecule has 0 atom stereocenters. The molecular weight excluding hydrogens is 136 g/mol. The van der Waals surface area contributed by atoms with Crippen molar-refractivity contribution < 1.29 is 0 Å². The molecule has 2 heterocycles. The summed E-state index contributed by atoms with van der Waals surface area (Å²) in [5.41, 5.74) is 0. The second-order valence-corrected chi connectivity index (χ2v) is 3.68. The Morgan fingerprint density at radius 2 is 0.909 bits per heavy atom. The van der Waals surface area contributed by atoms with Crippen LogP contribution >= 0.6 is 0 Å². The predicted molar refractivity (Wildman–Crippen MR) is 46.2 cm³/mol. The Bertz CT molecular complexity index is 111. The largest absolute Gasteiger partial charge is 0.242 e. The lowest BCUT2D eigenvalue weighted by atomic mass is 10.2. The van der Waals surface area contributed by atoms with Crippen molar-refractivity contribution in [3.05, 3.63) is 0 Å². The minimum absolute atomic E-state index is 1.32. The summed E-state index contributed by atoms with van der Waals surface area (Å²) >= 11 is 0. The zero-order chi connectivity index (χ0) is 7.52. The normalized spacial score (nSPS) is 29.5. The van der Waals surface area contributed by atoms with Gasteiger partial charge in [-0.05, 0) is 19.3 Å². The summed E-state index contributed by atoms with van der Waals surface area (Å²) in [7, 11) is 0. The molecule has 2 aliphatic rings. The minimum Gasteiger partial charge on any atom is -0.242 e. The third kappa shape index (κ3) is 1.74. The fourth-order valence-corrected chi connectivity index (χ4v) is 2.17. The van der Waals surface area contributed by atoms with Crippen LogP contribution in [-0.2, 0) is 0 Å². The highest BCUT2D eigenvalue weighted by molar-refractivity contribution is 4.69. The van der Waals surface area contributed by atoms with Gasteiger partial charge >= 0.3 is 0 Å². The van der Waals surface area contributed by atoms with Crippen molar-refractivity contribution >= 4 is 0 Å². The van der Waals surface area contributed by atoms with E-state index in [0.29, 0.717) is 0 Å². The Morgan fingerprint density at radius 1 is 0.455 bits per heavy atom. The van der Waals surface area contributed by atoms with Gasteiger partial charge in [-0.25, -0.2) is 10.0 Å².